The van der Waals surface area contributed by atoms with Crippen LogP contribution in [0.3, 0.4) is 0 Å². The van der Waals surface area contributed by atoms with Crippen LogP contribution in [0, 0.1) is 0 Å². The normalized spacial score (nSPS) is 12.1. The Labute approximate surface area is 119 Å². The number of aryl methyl sites for hydroxylation is 1. The minimum atomic E-state index is -4.52. The average molecular weight is 355 g/mol. The van der Waals surface area contributed by atoms with Crippen LogP contribution in [0.4, 0.5) is 13.2 Å². The van der Waals surface area contributed by atoms with Crippen LogP contribution in [0.25, 0.3) is 11.1 Å². The molecule has 0 bridgehead atoms. The summed E-state index contributed by atoms with van der Waals surface area (Å²) in [7, 11) is 0. The molecule has 0 unspecified atom stereocenters. The number of hydrogen-bond donors (Lipinski definition) is 1. The Bertz CT molecular complexity index is 591. The van der Waals surface area contributed by atoms with E-state index in [4.69, 9.17) is 0 Å². The van der Waals surface area contributed by atoms with Crippen LogP contribution in [0.15, 0.2) is 16.0 Å². The Morgan fingerprint density at radius 1 is 1.47 bits per heavy atom. The van der Waals surface area contributed by atoms with Gasteiger partial charge in [0.05, 0.1) is 6.61 Å². The monoisotopic (exact) mass is 354 g/mol. The number of halogens is 4. The summed E-state index contributed by atoms with van der Waals surface area (Å²) in [5.74, 6) is 0. The standard InChI is InChI=1S/C11H10BrF3N2OS/c1-2-17-3-6(10(16-17)11(13,14)15)9-7(12)5-19-8(9)4-18/h3,5,18H,2,4H2,1H3. The quantitative estimate of drug-likeness (QED) is 0.907. The van der Waals surface area contributed by atoms with Crippen molar-refractivity contribution in [2.75, 3.05) is 0 Å². The highest BCUT2D eigenvalue weighted by molar-refractivity contribution is 9.10. The summed E-state index contributed by atoms with van der Waals surface area (Å²) < 4.78 is 40.8. The fraction of sp³-hybridized carbons (Fsp3) is 0.364. The van der Waals surface area contributed by atoms with Crippen LogP contribution < -0.4 is 0 Å². The Hall–Kier alpha value is -0.860. The number of rotatable bonds is 3. The number of aliphatic hydroxyl groups is 1. The van der Waals surface area contributed by atoms with Gasteiger partial charge in [-0.2, -0.15) is 18.3 Å². The van der Waals surface area contributed by atoms with E-state index in [1.807, 2.05) is 0 Å². The number of aliphatic hydroxyl groups excluding tert-OH is 1. The van der Waals surface area contributed by atoms with Crippen molar-refractivity contribution >= 4 is 27.3 Å². The smallest absolute Gasteiger partial charge is 0.391 e. The summed E-state index contributed by atoms with van der Waals surface area (Å²) in [6.45, 7) is 1.76. The van der Waals surface area contributed by atoms with Gasteiger partial charge in [-0.1, -0.05) is 0 Å². The van der Waals surface area contributed by atoms with E-state index in [2.05, 4.69) is 21.0 Å². The second-order valence-electron chi connectivity index (χ2n) is 3.78. The van der Waals surface area contributed by atoms with Gasteiger partial charge in [-0.25, -0.2) is 0 Å². The van der Waals surface area contributed by atoms with Crippen molar-refractivity contribution in [1.82, 2.24) is 9.78 Å². The topological polar surface area (TPSA) is 38.0 Å². The fourth-order valence-electron chi connectivity index (χ4n) is 1.74. The molecule has 0 fully saturated rings. The molecule has 0 aliphatic carbocycles. The largest absolute Gasteiger partial charge is 0.435 e. The SMILES string of the molecule is CCn1cc(-c2c(Br)csc2CO)c(C(F)(F)F)n1. The number of thiophene rings is 1. The zero-order chi connectivity index (χ0) is 14.2. The molecular formula is C11H10BrF3N2OS. The predicted octanol–water partition coefficient (Wildman–Crippen LogP) is 3.91. The maximum atomic E-state index is 13.0. The summed E-state index contributed by atoms with van der Waals surface area (Å²) in [5, 5.41) is 14.5. The van der Waals surface area contributed by atoms with Crippen molar-refractivity contribution in [2.24, 2.45) is 0 Å². The number of nitrogens with zero attached hydrogens (tertiary/aromatic N) is 2. The molecule has 19 heavy (non-hydrogen) atoms. The Kier molecular flexibility index (Phi) is 4.03. The van der Waals surface area contributed by atoms with Gasteiger partial charge in [0.2, 0.25) is 0 Å². The van der Waals surface area contributed by atoms with E-state index < -0.39 is 11.9 Å². The van der Waals surface area contributed by atoms with Gasteiger partial charge in [0.25, 0.3) is 0 Å². The van der Waals surface area contributed by atoms with Crippen LogP contribution >= 0.6 is 27.3 Å². The molecule has 8 heteroatoms. The van der Waals surface area contributed by atoms with E-state index in [-0.39, 0.29) is 12.2 Å². The molecule has 0 aliphatic heterocycles. The van der Waals surface area contributed by atoms with Crippen molar-refractivity contribution in [3.8, 4) is 11.1 Å². The third-order valence-corrected chi connectivity index (χ3v) is 4.49. The molecular weight excluding hydrogens is 345 g/mol. The van der Waals surface area contributed by atoms with Crippen LogP contribution in [-0.2, 0) is 19.3 Å². The van der Waals surface area contributed by atoms with Crippen molar-refractivity contribution in [2.45, 2.75) is 26.3 Å². The van der Waals surface area contributed by atoms with E-state index in [1.54, 1.807) is 12.3 Å². The molecule has 0 atom stereocenters. The van der Waals surface area contributed by atoms with Crippen molar-refractivity contribution in [3.63, 3.8) is 0 Å². The van der Waals surface area contributed by atoms with Gasteiger partial charge >= 0.3 is 6.18 Å². The number of aromatic nitrogens is 2. The van der Waals surface area contributed by atoms with Crippen LogP contribution in [-0.4, -0.2) is 14.9 Å². The third kappa shape index (κ3) is 2.70. The first-order valence-corrected chi connectivity index (χ1v) is 7.07. The molecule has 104 valence electrons. The van der Waals surface area contributed by atoms with Gasteiger partial charge < -0.3 is 5.11 Å². The fourth-order valence-corrected chi connectivity index (χ4v) is 3.39. The van der Waals surface area contributed by atoms with Gasteiger partial charge in [-0.15, -0.1) is 11.3 Å². The summed E-state index contributed by atoms with van der Waals surface area (Å²) in [4.78, 5) is 0.480. The highest BCUT2D eigenvalue weighted by atomic mass is 79.9. The summed E-state index contributed by atoms with van der Waals surface area (Å²) >= 11 is 4.43. The van der Waals surface area contributed by atoms with Crippen LogP contribution in [0.5, 0.6) is 0 Å². The Morgan fingerprint density at radius 3 is 2.68 bits per heavy atom. The first kappa shape index (κ1) is 14.5. The van der Waals surface area contributed by atoms with Gasteiger partial charge in [-0.05, 0) is 22.9 Å². The maximum absolute atomic E-state index is 13.0. The molecule has 0 aliphatic rings. The number of alkyl halides is 3. The molecule has 0 saturated heterocycles. The first-order valence-electron chi connectivity index (χ1n) is 5.40. The van der Waals surface area contributed by atoms with E-state index in [0.29, 0.717) is 21.5 Å². The lowest BCUT2D eigenvalue weighted by atomic mass is 10.1. The summed E-state index contributed by atoms with van der Waals surface area (Å²) in [5.41, 5.74) is -0.575. The van der Waals surface area contributed by atoms with E-state index >= 15 is 0 Å². The first-order chi connectivity index (χ1) is 8.88. The zero-order valence-electron chi connectivity index (χ0n) is 9.83. The van der Waals surface area contributed by atoms with E-state index in [1.165, 1.54) is 22.2 Å². The molecule has 0 radical (unpaired) electrons. The molecule has 0 aromatic carbocycles. The van der Waals surface area contributed by atoms with Crippen molar-refractivity contribution < 1.29 is 18.3 Å². The lowest BCUT2D eigenvalue weighted by Gasteiger charge is -2.07. The minimum absolute atomic E-state index is 0.00785. The summed E-state index contributed by atoms with van der Waals surface area (Å²) in [6, 6.07) is 0. The molecule has 2 heterocycles. The minimum Gasteiger partial charge on any atom is -0.391 e. The highest BCUT2D eigenvalue weighted by Crippen LogP contribution is 2.42. The second-order valence-corrected chi connectivity index (χ2v) is 5.60. The maximum Gasteiger partial charge on any atom is 0.435 e. The molecule has 0 amide bonds. The second kappa shape index (κ2) is 5.26. The average Bonchev–Trinajstić information content (AvgIpc) is 2.90. The van der Waals surface area contributed by atoms with Crippen LogP contribution in [0.1, 0.15) is 17.5 Å². The Balaban J connectivity index is 2.67. The van der Waals surface area contributed by atoms with Gasteiger partial charge in [-0.3, -0.25) is 4.68 Å². The lowest BCUT2D eigenvalue weighted by molar-refractivity contribution is -0.141. The van der Waals surface area contributed by atoms with E-state index in [9.17, 15) is 18.3 Å². The van der Waals surface area contributed by atoms with Crippen molar-refractivity contribution in [3.05, 3.63) is 26.6 Å². The highest BCUT2D eigenvalue weighted by Gasteiger charge is 2.38. The van der Waals surface area contributed by atoms with Gasteiger partial charge in [0, 0.05) is 38.6 Å². The predicted molar refractivity (Wildman–Crippen MR) is 69.8 cm³/mol. The summed E-state index contributed by atoms with van der Waals surface area (Å²) in [6.07, 6.45) is -3.17. The third-order valence-electron chi connectivity index (χ3n) is 2.59. The molecule has 0 saturated carbocycles. The lowest BCUT2D eigenvalue weighted by Crippen LogP contribution is -2.09. The molecule has 2 rings (SSSR count). The molecule has 0 spiro atoms. The molecule has 2 aromatic rings. The van der Waals surface area contributed by atoms with Crippen molar-refractivity contribution in [1.29, 1.82) is 0 Å². The molecule has 3 nitrogen and oxygen atoms in total. The molecule has 2 aromatic heterocycles. The van der Waals surface area contributed by atoms with Gasteiger partial charge in [0.15, 0.2) is 5.69 Å². The Morgan fingerprint density at radius 2 is 2.16 bits per heavy atom. The van der Waals surface area contributed by atoms with E-state index in [0.717, 1.165) is 0 Å². The molecule has 1 N–H and O–H groups in total. The van der Waals surface area contributed by atoms with Gasteiger partial charge in [0.1, 0.15) is 0 Å². The number of hydrogen-bond acceptors (Lipinski definition) is 3. The zero-order valence-corrected chi connectivity index (χ0v) is 12.2. The van der Waals surface area contributed by atoms with Crippen LogP contribution in [0.2, 0.25) is 0 Å².